The highest BCUT2D eigenvalue weighted by atomic mass is 16.5. The Morgan fingerprint density at radius 1 is 1.28 bits per heavy atom. The summed E-state index contributed by atoms with van der Waals surface area (Å²) in [5, 5.41) is 12.2. The van der Waals surface area contributed by atoms with Crippen molar-refractivity contribution in [3.05, 3.63) is 41.2 Å². The quantitative estimate of drug-likeness (QED) is 0.585. The van der Waals surface area contributed by atoms with Crippen LogP contribution in [0.3, 0.4) is 0 Å². The summed E-state index contributed by atoms with van der Waals surface area (Å²) in [6.07, 6.45) is 2.06. The number of piperazine rings is 1. The first kappa shape index (κ1) is 25.0. The Morgan fingerprint density at radius 3 is 2.75 bits per heavy atom. The fraction of sp³-hybridized carbons (Fsp3) is 0.417. The molecule has 188 valence electrons. The molecule has 2 saturated heterocycles. The Balaban J connectivity index is 1.47. The zero-order valence-corrected chi connectivity index (χ0v) is 20.3. The summed E-state index contributed by atoms with van der Waals surface area (Å²) in [5.74, 6) is 0.547. The third-order valence-electron chi connectivity index (χ3n) is 6.22. The molecule has 36 heavy (non-hydrogen) atoms. The van der Waals surface area contributed by atoms with Gasteiger partial charge in [-0.15, -0.1) is 0 Å². The molecule has 0 atom stereocenters. The maximum absolute atomic E-state index is 12.9. The van der Waals surface area contributed by atoms with Gasteiger partial charge in [-0.1, -0.05) is 6.07 Å². The lowest BCUT2D eigenvalue weighted by molar-refractivity contribution is -0.136. The van der Waals surface area contributed by atoms with Gasteiger partial charge >= 0.3 is 6.03 Å². The van der Waals surface area contributed by atoms with Gasteiger partial charge in [0.05, 0.1) is 31.0 Å². The molecule has 0 unspecified atom stereocenters. The van der Waals surface area contributed by atoms with Crippen molar-refractivity contribution in [2.24, 2.45) is 0 Å². The van der Waals surface area contributed by atoms with E-state index in [0.717, 1.165) is 6.54 Å². The molecular formula is C24H28N8O4. The van der Waals surface area contributed by atoms with E-state index in [1.165, 1.54) is 18.1 Å². The van der Waals surface area contributed by atoms with E-state index < -0.39 is 6.03 Å². The molecule has 4 heterocycles. The summed E-state index contributed by atoms with van der Waals surface area (Å²) in [6.45, 7) is 4.33. The van der Waals surface area contributed by atoms with E-state index in [4.69, 9.17) is 4.74 Å². The van der Waals surface area contributed by atoms with Crippen molar-refractivity contribution in [1.29, 1.82) is 5.26 Å². The van der Waals surface area contributed by atoms with Gasteiger partial charge < -0.3 is 14.5 Å². The smallest absolute Gasteiger partial charge is 0.328 e. The van der Waals surface area contributed by atoms with Gasteiger partial charge in [0.2, 0.25) is 5.91 Å². The number of hydrogen-bond donors (Lipinski definition) is 1. The van der Waals surface area contributed by atoms with Crippen molar-refractivity contribution >= 4 is 35.5 Å². The standard InChI is InChI=1S/C24H28N8O4/c1-29-5-6-32(23(34)15-29)14-17-3-4-22(27-19(17)16-33)30(2)24(35)28-21-11-20(18(12-25)13-26-21)31-7-9-36-10-8-31/h3-4,11,13,16H,5-10,14-15H2,1-2H3,(H,26,28,35). The normalized spacial score (nSPS) is 16.4. The number of carbonyl (C=O) groups excluding carboxylic acids is 3. The van der Waals surface area contributed by atoms with Gasteiger partial charge in [-0.3, -0.25) is 24.7 Å². The van der Waals surface area contributed by atoms with Gasteiger partial charge in [0, 0.05) is 57.6 Å². The number of hydrogen-bond acceptors (Lipinski definition) is 9. The predicted molar refractivity (Wildman–Crippen MR) is 132 cm³/mol. The fourth-order valence-electron chi connectivity index (χ4n) is 4.08. The summed E-state index contributed by atoms with van der Waals surface area (Å²) in [4.78, 5) is 52.4. The number of nitriles is 1. The first-order valence-electron chi connectivity index (χ1n) is 11.6. The van der Waals surface area contributed by atoms with Gasteiger partial charge in [-0.25, -0.2) is 14.8 Å². The Labute approximate surface area is 209 Å². The topological polar surface area (TPSA) is 135 Å². The first-order valence-corrected chi connectivity index (χ1v) is 11.6. The molecule has 0 aliphatic carbocycles. The molecule has 12 heteroatoms. The maximum atomic E-state index is 12.9. The van der Waals surface area contributed by atoms with Crippen molar-refractivity contribution in [3.8, 4) is 6.07 Å². The van der Waals surface area contributed by atoms with Crippen LogP contribution in [-0.2, 0) is 16.1 Å². The van der Waals surface area contributed by atoms with Crippen molar-refractivity contribution in [2.75, 3.05) is 75.1 Å². The van der Waals surface area contributed by atoms with Crippen LogP contribution in [0.4, 0.5) is 22.1 Å². The highest BCUT2D eigenvalue weighted by molar-refractivity contribution is 6.00. The number of morpholine rings is 1. The molecular weight excluding hydrogens is 464 g/mol. The Bertz CT molecular complexity index is 1190. The van der Waals surface area contributed by atoms with Crippen molar-refractivity contribution in [1.82, 2.24) is 19.8 Å². The number of nitrogens with one attached hydrogen (secondary N) is 1. The van der Waals surface area contributed by atoms with Crippen LogP contribution in [0.15, 0.2) is 24.4 Å². The second kappa shape index (κ2) is 11.1. The van der Waals surface area contributed by atoms with E-state index in [0.29, 0.717) is 62.5 Å². The van der Waals surface area contributed by atoms with E-state index in [1.807, 2.05) is 16.8 Å². The Hall–Kier alpha value is -4.08. The summed E-state index contributed by atoms with van der Waals surface area (Å²) in [7, 11) is 3.42. The van der Waals surface area contributed by atoms with E-state index >= 15 is 0 Å². The Kier molecular flexibility index (Phi) is 7.72. The number of amides is 3. The molecule has 0 radical (unpaired) electrons. The summed E-state index contributed by atoms with van der Waals surface area (Å²) in [5.41, 5.74) is 1.88. The molecule has 3 amide bonds. The van der Waals surface area contributed by atoms with Crippen LogP contribution in [0.25, 0.3) is 0 Å². The molecule has 0 aromatic carbocycles. The lowest BCUT2D eigenvalue weighted by atomic mass is 10.1. The molecule has 2 aromatic heterocycles. The van der Waals surface area contributed by atoms with Crippen molar-refractivity contribution in [3.63, 3.8) is 0 Å². The largest absolute Gasteiger partial charge is 0.378 e. The number of nitrogens with zero attached hydrogens (tertiary/aromatic N) is 7. The number of ether oxygens (including phenoxy) is 1. The van der Waals surface area contributed by atoms with E-state index in [-0.39, 0.29) is 29.8 Å². The first-order chi connectivity index (χ1) is 17.4. The van der Waals surface area contributed by atoms with Crippen LogP contribution in [0, 0.1) is 11.3 Å². The van der Waals surface area contributed by atoms with Crippen molar-refractivity contribution in [2.45, 2.75) is 6.54 Å². The fourth-order valence-corrected chi connectivity index (χ4v) is 4.08. The SMILES string of the molecule is CN1CCN(Cc2ccc(N(C)C(=O)Nc3cc(N4CCOCC4)c(C#N)cn3)nc2C=O)C(=O)C1. The number of anilines is 3. The molecule has 0 spiro atoms. The number of aromatic nitrogens is 2. The molecule has 1 N–H and O–H groups in total. The van der Waals surface area contributed by atoms with Gasteiger partial charge in [0.1, 0.15) is 23.4 Å². The predicted octanol–water partition coefficient (Wildman–Crippen LogP) is 0.940. The van der Waals surface area contributed by atoms with E-state index in [9.17, 15) is 19.6 Å². The van der Waals surface area contributed by atoms with Crippen LogP contribution in [0.1, 0.15) is 21.6 Å². The molecule has 0 saturated carbocycles. The second-order valence-electron chi connectivity index (χ2n) is 8.67. The highest BCUT2D eigenvalue weighted by Crippen LogP contribution is 2.24. The monoisotopic (exact) mass is 492 g/mol. The minimum absolute atomic E-state index is 0.00691. The molecule has 2 fully saturated rings. The minimum Gasteiger partial charge on any atom is -0.378 e. The van der Waals surface area contributed by atoms with Crippen LogP contribution >= 0.6 is 0 Å². The van der Waals surface area contributed by atoms with E-state index in [1.54, 1.807) is 23.1 Å². The molecule has 12 nitrogen and oxygen atoms in total. The van der Waals surface area contributed by atoms with Gasteiger partial charge in [-0.05, 0) is 13.1 Å². The summed E-state index contributed by atoms with van der Waals surface area (Å²) in [6, 6.07) is 6.63. The number of rotatable bonds is 6. The van der Waals surface area contributed by atoms with Crippen LogP contribution in [0.5, 0.6) is 0 Å². The number of likely N-dealkylation sites (N-methyl/N-ethyl adjacent to an activating group) is 1. The third kappa shape index (κ3) is 5.59. The van der Waals surface area contributed by atoms with E-state index in [2.05, 4.69) is 21.4 Å². The number of urea groups is 1. The highest BCUT2D eigenvalue weighted by Gasteiger charge is 2.23. The zero-order chi connectivity index (χ0) is 25.7. The number of pyridine rings is 2. The molecule has 0 bridgehead atoms. The van der Waals surface area contributed by atoms with Crippen LogP contribution < -0.4 is 15.1 Å². The molecule has 2 aromatic rings. The number of carbonyl (C=O) groups is 3. The molecule has 4 rings (SSSR count). The lowest BCUT2D eigenvalue weighted by Gasteiger charge is -2.32. The van der Waals surface area contributed by atoms with Gasteiger partial charge in [0.25, 0.3) is 0 Å². The van der Waals surface area contributed by atoms with Crippen LogP contribution in [0.2, 0.25) is 0 Å². The second-order valence-corrected chi connectivity index (χ2v) is 8.67. The minimum atomic E-state index is -0.508. The average Bonchev–Trinajstić information content (AvgIpc) is 2.90. The van der Waals surface area contributed by atoms with Crippen molar-refractivity contribution < 1.29 is 19.1 Å². The third-order valence-corrected chi connectivity index (χ3v) is 6.22. The maximum Gasteiger partial charge on any atom is 0.328 e. The van der Waals surface area contributed by atoms with Gasteiger partial charge in [0.15, 0.2) is 6.29 Å². The summed E-state index contributed by atoms with van der Waals surface area (Å²) >= 11 is 0. The summed E-state index contributed by atoms with van der Waals surface area (Å²) < 4.78 is 5.38. The van der Waals surface area contributed by atoms with Gasteiger partial charge in [-0.2, -0.15) is 5.26 Å². The number of aldehydes is 1. The molecule has 2 aliphatic rings. The zero-order valence-electron chi connectivity index (χ0n) is 20.3. The average molecular weight is 493 g/mol. The molecule has 2 aliphatic heterocycles. The lowest BCUT2D eigenvalue weighted by Crippen LogP contribution is -2.48. The van der Waals surface area contributed by atoms with Crippen LogP contribution in [-0.4, -0.2) is 98.0 Å². The Morgan fingerprint density at radius 2 is 2.06 bits per heavy atom.